The highest BCUT2D eigenvalue weighted by Crippen LogP contribution is 2.10. The number of amides is 4. The number of hydrogen-bond acceptors (Lipinski definition) is 5. The Morgan fingerprint density at radius 1 is 1.08 bits per heavy atom. The van der Waals surface area contributed by atoms with Crippen LogP contribution in [-0.4, -0.2) is 43.5 Å². The van der Waals surface area contributed by atoms with Crippen molar-refractivity contribution in [2.45, 2.75) is 19.8 Å². The molecule has 4 amide bonds. The average molecular weight is 414 g/mol. The number of nitrogens with one attached hydrogen (secondary N) is 3. The van der Waals surface area contributed by atoms with Crippen LogP contribution in [0.2, 0.25) is 0 Å². The predicted octanol–water partition coefficient (Wildman–Crippen LogP) is 1.35. The quantitative estimate of drug-likeness (QED) is 0.439. The highest BCUT2D eigenvalue weighted by Gasteiger charge is 2.12. The molecule has 0 fully saturated rings. The fourth-order valence-electron chi connectivity index (χ4n) is 1.64. The molecule has 0 unspecified atom stereocenters. The number of benzene rings is 1. The summed E-state index contributed by atoms with van der Waals surface area (Å²) in [6.45, 7) is 1.44. The van der Waals surface area contributed by atoms with Crippen LogP contribution in [0, 0.1) is 0 Å². The smallest absolute Gasteiger partial charge is 0.325 e. The minimum atomic E-state index is -0.785. The van der Waals surface area contributed by atoms with Gasteiger partial charge in [-0.25, -0.2) is 4.79 Å². The zero-order valence-electron chi connectivity index (χ0n) is 13.8. The van der Waals surface area contributed by atoms with Crippen molar-refractivity contribution in [2.24, 2.45) is 0 Å². The third-order valence-electron chi connectivity index (χ3n) is 2.93. The molecule has 0 aliphatic rings. The lowest BCUT2D eigenvalue weighted by Gasteiger charge is -2.08. The molecule has 0 heterocycles. The first kappa shape index (κ1) is 20.6. The highest BCUT2D eigenvalue weighted by molar-refractivity contribution is 9.10. The van der Waals surface area contributed by atoms with Crippen LogP contribution in [0.5, 0.6) is 0 Å². The Hall–Kier alpha value is -2.42. The van der Waals surface area contributed by atoms with E-state index >= 15 is 0 Å². The summed E-state index contributed by atoms with van der Waals surface area (Å²) < 4.78 is 5.51. The van der Waals surface area contributed by atoms with Gasteiger partial charge in [0.2, 0.25) is 0 Å². The first-order valence-electron chi connectivity index (χ1n) is 7.69. The number of urea groups is 1. The monoisotopic (exact) mass is 413 g/mol. The Kier molecular flexibility index (Phi) is 9.23. The first-order valence-corrected chi connectivity index (χ1v) is 8.48. The Morgan fingerprint density at radius 2 is 1.76 bits per heavy atom. The van der Waals surface area contributed by atoms with Crippen molar-refractivity contribution in [1.82, 2.24) is 16.0 Å². The molecule has 8 nitrogen and oxygen atoms in total. The summed E-state index contributed by atoms with van der Waals surface area (Å²) in [5.41, 5.74) is 0.387. The number of ether oxygens (including phenoxy) is 1. The summed E-state index contributed by atoms with van der Waals surface area (Å²) in [5, 5.41) is 6.90. The zero-order chi connectivity index (χ0) is 18.7. The van der Waals surface area contributed by atoms with E-state index in [1.54, 1.807) is 24.3 Å². The molecular weight excluding hydrogens is 394 g/mol. The van der Waals surface area contributed by atoms with E-state index in [2.05, 4.69) is 31.3 Å². The SMILES string of the molecule is CCCCNC(=O)NC(=O)COC(=O)CNC(=O)c1ccc(Br)cc1. The van der Waals surface area contributed by atoms with Crippen LogP contribution in [0.25, 0.3) is 0 Å². The first-order chi connectivity index (χ1) is 11.9. The van der Waals surface area contributed by atoms with Gasteiger partial charge in [0.25, 0.3) is 11.8 Å². The standard InChI is InChI=1S/C16H20BrN3O5/c1-2-3-8-18-16(24)20-13(21)10-25-14(22)9-19-15(23)11-4-6-12(17)7-5-11/h4-7H,2-3,8-10H2,1H3,(H,19,23)(H2,18,20,21,24). The van der Waals surface area contributed by atoms with Gasteiger partial charge in [0.05, 0.1) is 0 Å². The fraction of sp³-hybridized carbons (Fsp3) is 0.375. The van der Waals surface area contributed by atoms with Crippen molar-refractivity contribution in [1.29, 1.82) is 0 Å². The molecule has 0 radical (unpaired) electrons. The number of carbonyl (C=O) groups is 4. The second-order valence-corrected chi connectivity index (χ2v) is 5.92. The van der Waals surface area contributed by atoms with Crippen molar-refractivity contribution in [3.63, 3.8) is 0 Å². The Morgan fingerprint density at radius 3 is 2.40 bits per heavy atom. The Labute approximate surface area is 153 Å². The fourth-order valence-corrected chi connectivity index (χ4v) is 1.90. The van der Waals surface area contributed by atoms with Crippen molar-refractivity contribution in [3.8, 4) is 0 Å². The molecule has 25 heavy (non-hydrogen) atoms. The van der Waals surface area contributed by atoms with Crippen LogP contribution in [0.4, 0.5) is 4.79 Å². The topological polar surface area (TPSA) is 114 Å². The van der Waals surface area contributed by atoms with Gasteiger partial charge in [-0.15, -0.1) is 0 Å². The lowest BCUT2D eigenvalue weighted by Crippen LogP contribution is -2.42. The third-order valence-corrected chi connectivity index (χ3v) is 3.46. The number of esters is 1. The third kappa shape index (κ3) is 8.85. The normalized spacial score (nSPS) is 9.84. The van der Waals surface area contributed by atoms with E-state index in [0.717, 1.165) is 17.3 Å². The van der Waals surface area contributed by atoms with Gasteiger partial charge in [0.15, 0.2) is 6.61 Å². The van der Waals surface area contributed by atoms with Gasteiger partial charge < -0.3 is 15.4 Å². The molecule has 0 atom stereocenters. The molecular formula is C16H20BrN3O5. The van der Waals surface area contributed by atoms with Gasteiger partial charge in [0.1, 0.15) is 6.54 Å². The van der Waals surface area contributed by atoms with Gasteiger partial charge in [-0.3, -0.25) is 19.7 Å². The maximum Gasteiger partial charge on any atom is 0.325 e. The van der Waals surface area contributed by atoms with E-state index in [9.17, 15) is 19.2 Å². The summed E-state index contributed by atoms with van der Waals surface area (Å²) in [6, 6.07) is 5.94. The van der Waals surface area contributed by atoms with Gasteiger partial charge >= 0.3 is 12.0 Å². The minimum Gasteiger partial charge on any atom is -0.454 e. The molecule has 9 heteroatoms. The second-order valence-electron chi connectivity index (χ2n) is 5.01. The van der Waals surface area contributed by atoms with Crippen LogP contribution in [-0.2, 0) is 14.3 Å². The van der Waals surface area contributed by atoms with E-state index in [1.165, 1.54) is 0 Å². The van der Waals surface area contributed by atoms with Gasteiger partial charge in [-0.1, -0.05) is 29.3 Å². The molecule has 0 aliphatic carbocycles. The molecule has 0 bridgehead atoms. The van der Waals surface area contributed by atoms with Gasteiger partial charge in [0, 0.05) is 16.6 Å². The van der Waals surface area contributed by atoms with Crippen molar-refractivity contribution in [2.75, 3.05) is 19.7 Å². The predicted molar refractivity (Wildman–Crippen MR) is 93.9 cm³/mol. The largest absolute Gasteiger partial charge is 0.454 e. The maximum absolute atomic E-state index is 11.8. The summed E-state index contributed by atoms with van der Waals surface area (Å²) in [5.74, 6) is -1.97. The van der Waals surface area contributed by atoms with Crippen LogP contribution in [0.3, 0.4) is 0 Å². The van der Waals surface area contributed by atoms with Gasteiger partial charge in [-0.05, 0) is 30.7 Å². The molecule has 0 saturated carbocycles. The van der Waals surface area contributed by atoms with Crippen LogP contribution in [0.15, 0.2) is 28.7 Å². The van der Waals surface area contributed by atoms with Crippen LogP contribution < -0.4 is 16.0 Å². The molecule has 0 aliphatic heterocycles. The molecule has 1 rings (SSSR count). The average Bonchev–Trinajstić information content (AvgIpc) is 2.58. The number of halogens is 1. The summed E-state index contributed by atoms with van der Waals surface area (Å²) in [7, 11) is 0. The minimum absolute atomic E-state index is 0.384. The number of imide groups is 1. The summed E-state index contributed by atoms with van der Waals surface area (Å²) in [6.07, 6.45) is 1.71. The van der Waals surface area contributed by atoms with Crippen molar-refractivity contribution >= 4 is 39.7 Å². The highest BCUT2D eigenvalue weighted by atomic mass is 79.9. The molecule has 1 aromatic rings. The lowest BCUT2D eigenvalue weighted by molar-refractivity contribution is -0.147. The molecule has 0 saturated heterocycles. The molecule has 1 aromatic carbocycles. The van der Waals surface area contributed by atoms with E-state index in [4.69, 9.17) is 0 Å². The molecule has 0 spiro atoms. The number of carbonyl (C=O) groups excluding carboxylic acids is 4. The Balaban J connectivity index is 2.23. The number of unbranched alkanes of at least 4 members (excludes halogenated alkanes) is 1. The number of hydrogen-bond donors (Lipinski definition) is 3. The lowest BCUT2D eigenvalue weighted by atomic mass is 10.2. The van der Waals surface area contributed by atoms with E-state index < -0.39 is 30.4 Å². The van der Waals surface area contributed by atoms with E-state index in [1.807, 2.05) is 12.2 Å². The molecule has 3 N–H and O–H groups in total. The second kappa shape index (κ2) is 11.2. The van der Waals surface area contributed by atoms with Crippen molar-refractivity contribution in [3.05, 3.63) is 34.3 Å². The Bertz CT molecular complexity index is 619. The number of rotatable bonds is 8. The van der Waals surface area contributed by atoms with E-state index in [-0.39, 0.29) is 6.54 Å². The van der Waals surface area contributed by atoms with Crippen LogP contribution in [0.1, 0.15) is 30.1 Å². The molecule has 0 aromatic heterocycles. The van der Waals surface area contributed by atoms with Crippen LogP contribution >= 0.6 is 15.9 Å². The summed E-state index contributed by atoms with van der Waals surface area (Å²) in [4.78, 5) is 46.1. The van der Waals surface area contributed by atoms with E-state index in [0.29, 0.717) is 12.1 Å². The maximum atomic E-state index is 11.8. The molecule has 136 valence electrons. The van der Waals surface area contributed by atoms with Crippen molar-refractivity contribution < 1.29 is 23.9 Å². The van der Waals surface area contributed by atoms with Gasteiger partial charge in [-0.2, -0.15) is 0 Å². The summed E-state index contributed by atoms with van der Waals surface area (Å²) >= 11 is 3.25. The zero-order valence-corrected chi connectivity index (χ0v) is 15.4.